The van der Waals surface area contributed by atoms with Gasteiger partial charge in [0.1, 0.15) is 5.75 Å². The van der Waals surface area contributed by atoms with Crippen molar-refractivity contribution >= 4 is 5.96 Å². The Kier molecular flexibility index (Phi) is 8.03. The molecule has 0 spiro atoms. The van der Waals surface area contributed by atoms with E-state index in [1.54, 1.807) is 16.8 Å². The molecule has 1 aromatic carbocycles. The average molecular weight is 379 g/mol. The largest absolute Gasteiger partial charge is 0.434 e. The molecule has 1 aromatic heterocycles. The summed E-state index contributed by atoms with van der Waals surface area (Å²) in [5.41, 5.74) is 2.79. The number of alkyl halides is 2. The minimum Gasteiger partial charge on any atom is -0.434 e. The summed E-state index contributed by atoms with van der Waals surface area (Å²) in [4.78, 5) is 4.49. The minimum atomic E-state index is -2.85. The van der Waals surface area contributed by atoms with E-state index >= 15 is 0 Å². The molecule has 0 aliphatic carbocycles. The topological polar surface area (TPSA) is 63.5 Å². The number of benzene rings is 1. The predicted octanol–water partition coefficient (Wildman–Crippen LogP) is 3.02. The van der Waals surface area contributed by atoms with Gasteiger partial charge in [0.15, 0.2) is 5.96 Å². The van der Waals surface area contributed by atoms with Crippen LogP contribution in [0.5, 0.6) is 5.75 Å². The summed E-state index contributed by atoms with van der Waals surface area (Å²) in [5, 5.41) is 10.6. The normalized spacial score (nSPS) is 11.7. The van der Waals surface area contributed by atoms with Crippen molar-refractivity contribution < 1.29 is 13.5 Å². The third-order valence-electron chi connectivity index (χ3n) is 3.88. The molecule has 0 radical (unpaired) electrons. The Hall–Kier alpha value is -2.64. The molecule has 0 saturated heterocycles. The van der Waals surface area contributed by atoms with E-state index in [1.807, 2.05) is 39.4 Å². The van der Waals surface area contributed by atoms with Gasteiger partial charge < -0.3 is 15.4 Å². The predicted molar refractivity (Wildman–Crippen MR) is 102 cm³/mol. The third-order valence-corrected chi connectivity index (χ3v) is 3.88. The Morgan fingerprint density at radius 3 is 2.81 bits per heavy atom. The number of ether oxygens (including phenoxy) is 1. The Balaban J connectivity index is 1.93. The number of hydrogen-bond donors (Lipinski definition) is 2. The average Bonchev–Trinajstić information content (AvgIpc) is 3.03. The van der Waals surface area contributed by atoms with E-state index in [0.29, 0.717) is 18.1 Å². The van der Waals surface area contributed by atoms with Gasteiger partial charge in [0.05, 0.1) is 12.7 Å². The lowest BCUT2D eigenvalue weighted by atomic mass is 10.1. The van der Waals surface area contributed by atoms with Gasteiger partial charge in [0, 0.05) is 31.9 Å². The van der Waals surface area contributed by atoms with Gasteiger partial charge in [-0.05, 0) is 38.3 Å². The van der Waals surface area contributed by atoms with E-state index in [1.165, 1.54) is 5.56 Å². The summed E-state index contributed by atoms with van der Waals surface area (Å²) in [6, 6.07) is 5.11. The molecule has 0 bridgehead atoms. The molecule has 1 heterocycles. The van der Waals surface area contributed by atoms with Crippen LogP contribution in [-0.2, 0) is 20.0 Å². The maximum absolute atomic E-state index is 12.6. The first-order valence-corrected chi connectivity index (χ1v) is 9.02. The van der Waals surface area contributed by atoms with Crippen molar-refractivity contribution in [3.05, 3.63) is 47.3 Å². The van der Waals surface area contributed by atoms with Crippen LogP contribution in [0.15, 0.2) is 35.6 Å². The van der Waals surface area contributed by atoms with Crippen LogP contribution in [0.1, 0.15) is 30.0 Å². The quantitative estimate of drug-likeness (QED) is 0.399. The highest BCUT2D eigenvalue weighted by molar-refractivity contribution is 5.79. The summed E-state index contributed by atoms with van der Waals surface area (Å²) in [6.45, 7) is 2.74. The number of nitrogens with zero attached hydrogens (tertiary/aromatic N) is 3. The van der Waals surface area contributed by atoms with Crippen molar-refractivity contribution in [2.45, 2.75) is 39.8 Å². The summed E-state index contributed by atoms with van der Waals surface area (Å²) >= 11 is 0. The molecule has 27 heavy (non-hydrogen) atoms. The Bertz CT molecular complexity index is 745. The van der Waals surface area contributed by atoms with Crippen LogP contribution in [0.3, 0.4) is 0 Å². The van der Waals surface area contributed by atoms with E-state index in [9.17, 15) is 8.78 Å². The van der Waals surface area contributed by atoms with Crippen molar-refractivity contribution in [1.29, 1.82) is 0 Å². The van der Waals surface area contributed by atoms with Crippen LogP contribution in [0.2, 0.25) is 0 Å². The van der Waals surface area contributed by atoms with Crippen molar-refractivity contribution in [3.63, 3.8) is 0 Å². The Labute approximate surface area is 158 Å². The zero-order chi connectivity index (χ0) is 19.6. The molecule has 148 valence electrons. The number of halogens is 2. The second-order valence-electron chi connectivity index (χ2n) is 6.24. The molecular weight excluding hydrogens is 352 g/mol. The molecule has 6 nitrogen and oxygen atoms in total. The highest BCUT2D eigenvalue weighted by Gasteiger charge is 2.10. The molecule has 0 aliphatic rings. The molecule has 0 amide bonds. The van der Waals surface area contributed by atoms with Crippen LogP contribution in [0.4, 0.5) is 8.78 Å². The fourth-order valence-electron chi connectivity index (χ4n) is 2.65. The molecule has 0 atom stereocenters. The van der Waals surface area contributed by atoms with E-state index in [-0.39, 0.29) is 12.3 Å². The van der Waals surface area contributed by atoms with Gasteiger partial charge in [-0.25, -0.2) is 4.99 Å². The summed E-state index contributed by atoms with van der Waals surface area (Å²) in [5.74, 6) is 0.806. The molecule has 2 rings (SSSR count). The van der Waals surface area contributed by atoms with E-state index in [0.717, 1.165) is 24.9 Å². The van der Waals surface area contributed by atoms with Crippen LogP contribution in [-0.4, -0.2) is 35.4 Å². The van der Waals surface area contributed by atoms with Crippen LogP contribution >= 0.6 is 0 Å². The molecule has 0 saturated carbocycles. The fraction of sp³-hybridized carbons (Fsp3) is 0.474. The number of aliphatic imine (C=N–C) groups is 1. The fourth-order valence-corrected chi connectivity index (χ4v) is 2.65. The van der Waals surface area contributed by atoms with Crippen molar-refractivity contribution in [3.8, 4) is 5.75 Å². The van der Waals surface area contributed by atoms with Gasteiger partial charge in [-0.3, -0.25) is 4.68 Å². The lowest BCUT2D eigenvalue weighted by Gasteiger charge is -2.13. The second kappa shape index (κ2) is 10.5. The van der Waals surface area contributed by atoms with Crippen molar-refractivity contribution in [1.82, 2.24) is 20.4 Å². The van der Waals surface area contributed by atoms with Gasteiger partial charge in [-0.2, -0.15) is 13.9 Å². The number of guanidine groups is 1. The molecular formula is C19H27F2N5O. The molecule has 2 N–H and O–H groups in total. The van der Waals surface area contributed by atoms with E-state index < -0.39 is 6.61 Å². The Morgan fingerprint density at radius 2 is 2.15 bits per heavy atom. The van der Waals surface area contributed by atoms with Gasteiger partial charge in [0.2, 0.25) is 0 Å². The lowest BCUT2D eigenvalue weighted by Crippen LogP contribution is -2.37. The zero-order valence-electron chi connectivity index (χ0n) is 16.0. The lowest BCUT2D eigenvalue weighted by molar-refractivity contribution is -0.0504. The number of nitrogens with one attached hydrogen (secondary N) is 2. The van der Waals surface area contributed by atoms with Crippen molar-refractivity contribution in [2.24, 2.45) is 12.0 Å². The van der Waals surface area contributed by atoms with Crippen molar-refractivity contribution in [2.75, 3.05) is 13.1 Å². The smallest absolute Gasteiger partial charge is 0.387 e. The summed E-state index contributed by atoms with van der Waals surface area (Å²) in [6.07, 6.45) is 5.72. The zero-order valence-corrected chi connectivity index (χ0v) is 16.0. The molecule has 2 aromatic rings. The number of hydrogen-bond acceptors (Lipinski definition) is 3. The summed E-state index contributed by atoms with van der Waals surface area (Å²) in [7, 11) is 1.90. The second-order valence-corrected chi connectivity index (χ2v) is 6.24. The highest BCUT2D eigenvalue weighted by atomic mass is 19.3. The molecule has 0 unspecified atom stereocenters. The van der Waals surface area contributed by atoms with Crippen LogP contribution in [0, 0.1) is 6.92 Å². The maximum Gasteiger partial charge on any atom is 0.387 e. The minimum absolute atomic E-state index is 0.159. The number of rotatable bonds is 9. The standard InChI is InChI=1S/C19H27F2N5O/c1-4-22-19(23-9-5-6-15-11-25-26(3)13-15)24-12-16-10-14(2)7-8-17(16)27-18(20)21/h7-8,10-11,13,18H,4-6,9,12H2,1-3H3,(H2,22,23,24). The van der Waals surface area contributed by atoms with E-state index in [4.69, 9.17) is 0 Å². The maximum atomic E-state index is 12.6. The van der Waals surface area contributed by atoms with E-state index in [2.05, 4.69) is 25.5 Å². The number of aromatic nitrogens is 2. The first-order valence-electron chi connectivity index (χ1n) is 9.02. The Morgan fingerprint density at radius 1 is 1.33 bits per heavy atom. The third kappa shape index (κ3) is 7.24. The molecule has 8 heteroatoms. The highest BCUT2D eigenvalue weighted by Crippen LogP contribution is 2.22. The molecule has 0 aliphatic heterocycles. The monoisotopic (exact) mass is 379 g/mol. The number of aryl methyl sites for hydroxylation is 3. The van der Waals surface area contributed by atoms with Gasteiger partial charge in [-0.15, -0.1) is 0 Å². The van der Waals surface area contributed by atoms with Crippen LogP contribution in [0.25, 0.3) is 0 Å². The van der Waals surface area contributed by atoms with Gasteiger partial charge >= 0.3 is 6.61 Å². The van der Waals surface area contributed by atoms with Crippen LogP contribution < -0.4 is 15.4 Å². The molecule has 0 fully saturated rings. The SMILES string of the molecule is CCNC(=NCc1cc(C)ccc1OC(F)F)NCCCc1cnn(C)c1. The van der Waals surface area contributed by atoms with Gasteiger partial charge in [-0.1, -0.05) is 17.7 Å². The first kappa shape index (κ1) is 20.7. The van der Waals surface area contributed by atoms with Gasteiger partial charge in [0.25, 0.3) is 0 Å². The summed E-state index contributed by atoms with van der Waals surface area (Å²) < 4.78 is 31.5. The first-order chi connectivity index (χ1) is 13.0.